The van der Waals surface area contributed by atoms with E-state index in [9.17, 15) is 14.4 Å². The summed E-state index contributed by atoms with van der Waals surface area (Å²) < 4.78 is 17.6. The summed E-state index contributed by atoms with van der Waals surface area (Å²) in [5, 5.41) is 2.85. The molecule has 0 radical (unpaired) electrons. The summed E-state index contributed by atoms with van der Waals surface area (Å²) in [6, 6.07) is 10.6. The van der Waals surface area contributed by atoms with Crippen LogP contribution in [0.5, 0.6) is 17.2 Å². The van der Waals surface area contributed by atoms with E-state index in [1.165, 1.54) is 18.6 Å². The van der Waals surface area contributed by atoms with Crippen LogP contribution in [0, 0.1) is 6.92 Å². The van der Waals surface area contributed by atoms with Crippen molar-refractivity contribution in [2.45, 2.75) is 26.9 Å². The highest BCUT2D eigenvalue weighted by molar-refractivity contribution is 7.11. The van der Waals surface area contributed by atoms with Crippen molar-refractivity contribution in [3.63, 3.8) is 0 Å². The Morgan fingerprint density at radius 2 is 1.94 bits per heavy atom. The Kier molecular flexibility index (Phi) is 6.00. The van der Waals surface area contributed by atoms with Gasteiger partial charge in [-0.05, 0) is 49.7 Å². The van der Waals surface area contributed by atoms with Gasteiger partial charge in [-0.2, -0.15) is 0 Å². The van der Waals surface area contributed by atoms with Crippen LogP contribution in [-0.4, -0.2) is 30.2 Å². The predicted octanol–water partition coefficient (Wildman–Crippen LogP) is 3.14. The summed E-state index contributed by atoms with van der Waals surface area (Å²) in [6.45, 7) is 3.88. The maximum atomic E-state index is 12.8. The van der Waals surface area contributed by atoms with E-state index >= 15 is 0 Å². The molecule has 0 aliphatic carbocycles. The molecule has 2 aromatic carbocycles. The number of hydrogen-bond acceptors (Lipinski definition) is 7. The first-order valence-electron chi connectivity index (χ1n) is 9.92. The molecular weight excluding hydrogens is 432 g/mol. The predicted molar refractivity (Wildman–Crippen MR) is 119 cm³/mol. The zero-order valence-corrected chi connectivity index (χ0v) is 18.7. The lowest BCUT2D eigenvalue weighted by molar-refractivity contribution is 0.0952. The lowest BCUT2D eigenvalue weighted by Gasteiger charge is -2.12. The first-order valence-corrected chi connectivity index (χ1v) is 10.7. The van der Waals surface area contributed by atoms with Crippen molar-refractivity contribution in [3.8, 4) is 17.2 Å². The molecule has 0 unspecified atom stereocenters. The van der Waals surface area contributed by atoms with Gasteiger partial charge < -0.3 is 19.5 Å². The topological polar surface area (TPSA) is 95.9 Å². The van der Waals surface area contributed by atoms with Gasteiger partial charge in [-0.15, -0.1) is 0 Å². The number of fused-ring (bicyclic) bond motifs is 1. The number of thiazole rings is 1. The van der Waals surface area contributed by atoms with Crippen molar-refractivity contribution in [2.75, 3.05) is 13.9 Å². The number of amides is 1. The van der Waals surface area contributed by atoms with Gasteiger partial charge in [0.25, 0.3) is 5.91 Å². The molecule has 4 rings (SSSR count). The van der Waals surface area contributed by atoms with Crippen LogP contribution in [0.25, 0.3) is 0 Å². The van der Waals surface area contributed by atoms with Crippen LogP contribution in [0.1, 0.15) is 43.8 Å². The Labute approximate surface area is 188 Å². The summed E-state index contributed by atoms with van der Waals surface area (Å²) >= 11 is 0.890. The molecule has 0 saturated carbocycles. The van der Waals surface area contributed by atoms with E-state index in [4.69, 9.17) is 14.2 Å². The highest BCUT2D eigenvalue weighted by Crippen LogP contribution is 2.32. The Morgan fingerprint density at radius 3 is 2.69 bits per heavy atom. The normalized spacial score (nSPS) is 12.0. The number of hydrogen-bond donors (Lipinski definition) is 1. The van der Waals surface area contributed by atoms with Crippen molar-refractivity contribution >= 4 is 23.0 Å². The first kappa shape index (κ1) is 21.6. The van der Waals surface area contributed by atoms with E-state index in [-0.39, 0.29) is 36.4 Å². The third kappa shape index (κ3) is 4.24. The Morgan fingerprint density at radius 1 is 1.16 bits per heavy atom. The number of Topliss-reactive ketones (excluding diaryl/α,β-unsaturated/α-hetero) is 1. The molecule has 1 amide bonds. The lowest BCUT2D eigenvalue weighted by Crippen LogP contribution is -2.23. The van der Waals surface area contributed by atoms with Gasteiger partial charge in [0.2, 0.25) is 6.79 Å². The second kappa shape index (κ2) is 8.88. The minimum Gasteiger partial charge on any atom is -0.496 e. The molecule has 1 aliphatic rings. The van der Waals surface area contributed by atoms with Gasteiger partial charge in [0.15, 0.2) is 17.3 Å². The first-order chi connectivity index (χ1) is 15.4. The van der Waals surface area contributed by atoms with Gasteiger partial charge in [0, 0.05) is 23.4 Å². The number of ether oxygens (including phenoxy) is 3. The number of carbonyl (C=O) groups excluding carboxylic acids is 2. The van der Waals surface area contributed by atoms with Crippen LogP contribution in [-0.2, 0) is 13.1 Å². The molecule has 1 aromatic heterocycles. The molecule has 166 valence electrons. The van der Waals surface area contributed by atoms with Crippen molar-refractivity contribution in [1.82, 2.24) is 9.88 Å². The van der Waals surface area contributed by atoms with Crippen LogP contribution in [0.4, 0.5) is 0 Å². The summed E-state index contributed by atoms with van der Waals surface area (Å²) in [5.41, 5.74) is 2.63. The zero-order valence-electron chi connectivity index (χ0n) is 17.9. The monoisotopic (exact) mass is 454 g/mol. The minimum atomic E-state index is -0.328. The average Bonchev–Trinajstić information content (AvgIpc) is 3.36. The maximum absolute atomic E-state index is 12.8. The van der Waals surface area contributed by atoms with Crippen molar-refractivity contribution in [1.29, 1.82) is 0 Å². The molecule has 1 aliphatic heterocycles. The number of methoxy groups -OCH3 is 1. The van der Waals surface area contributed by atoms with Gasteiger partial charge in [-0.1, -0.05) is 17.4 Å². The standard InChI is InChI=1S/C23H22N2O6S/c1-13-21(22(27)24-10-15-4-6-19-20(8-15)31-12-30-19)32-23(28)25(13)11-17-9-16(14(2)26)5-7-18(17)29-3/h4-9H,10-12H2,1-3H3,(H,24,27). The number of ketones is 1. The van der Waals surface area contributed by atoms with Crippen LogP contribution in [0.3, 0.4) is 0 Å². The van der Waals surface area contributed by atoms with Crippen molar-refractivity contribution in [3.05, 3.63) is 73.3 Å². The molecule has 9 heteroatoms. The van der Waals surface area contributed by atoms with Crippen LogP contribution >= 0.6 is 11.3 Å². The Bertz CT molecular complexity index is 1260. The summed E-state index contributed by atoms with van der Waals surface area (Å²) in [7, 11) is 1.53. The molecule has 0 fully saturated rings. The van der Waals surface area contributed by atoms with E-state index in [0.29, 0.717) is 38.9 Å². The molecule has 1 N–H and O–H groups in total. The largest absolute Gasteiger partial charge is 0.496 e. The molecule has 2 heterocycles. The molecule has 8 nitrogen and oxygen atoms in total. The third-order valence-corrected chi connectivity index (χ3v) is 6.33. The van der Waals surface area contributed by atoms with Crippen LogP contribution in [0.15, 0.2) is 41.2 Å². The van der Waals surface area contributed by atoms with Crippen LogP contribution in [0.2, 0.25) is 0 Å². The number of nitrogens with one attached hydrogen (secondary N) is 1. The molecule has 32 heavy (non-hydrogen) atoms. The van der Waals surface area contributed by atoms with E-state index in [2.05, 4.69) is 5.32 Å². The molecular formula is C23H22N2O6S. The van der Waals surface area contributed by atoms with E-state index in [1.807, 2.05) is 12.1 Å². The molecule has 0 saturated heterocycles. The number of rotatable bonds is 7. The highest BCUT2D eigenvalue weighted by atomic mass is 32.1. The van der Waals surface area contributed by atoms with Gasteiger partial charge in [-0.25, -0.2) is 0 Å². The lowest BCUT2D eigenvalue weighted by atomic mass is 10.1. The minimum absolute atomic E-state index is 0.0770. The fraction of sp³-hybridized carbons (Fsp3) is 0.261. The van der Waals surface area contributed by atoms with Gasteiger partial charge >= 0.3 is 4.87 Å². The third-order valence-electron chi connectivity index (χ3n) is 5.25. The molecule has 0 atom stereocenters. The van der Waals surface area contributed by atoms with E-state index in [1.54, 1.807) is 31.2 Å². The van der Waals surface area contributed by atoms with Crippen molar-refractivity contribution < 1.29 is 23.8 Å². The smallest absolute Gasteiger partial charge is 0.308 e. The number of benzene rings is 2. The van der Waals surface area contributed by atoms with E-state index < -0.39 is 0 Å². The SMILES string of the molecule is COc1ccc(C(C)=O)cc1Cn1c(C)c(C(=O)NCc2ccc3c(c2)OCO3)sc1=O. The molecule has 3 aromatic rings. The van der Waals surface area contributed by atoms with Crippen LogP contribution < -0.4 is 24.4 Å². The second-order valence-electron chi connectivity index (χ2n) is 7.32. The molecule has 0 spiro atoms. The highest BCUT2D eigenvalue weighted by Gasteiger charge is 2.20. The van der Waals surface area contributed by atoms with Gasteiger partial charge in [0.05, 0.1) is 13.7 Å². The number of carbonyl (C=O) groups is 2. The summed E-state index contributed by atoms with van der Waals surface area (Å²) in [6.07, 6.45) is 0. The Balaban J connectivity index is 1.53. The quantitative estimate of drug-likeness (QED) is 0.551. The summed E-state index contributed by atoms with van der Waals surface area (Å²) in [4.78, 5) is 37.3. The zero-order chi connectivity index (χ0) is 22.8. The fourth-order valence-corrected chi connectivity index (χ4v) is 4.38. The second-order valence-corrected chi connectivity index (χ2v) is 8.28. The van der Waals surface area contributed by atoms with Gasteiger partial charge in [0.1, 0.15) is 10.6 Å². The maximum Gasteiger partial charge on any atom is 0.308 e. The van der Waals surface area contributed by atoms with E-state index in [0.717, 1.165) is 16.9 Å². The van der Waals surface area contributed by atoms with Crippen molar-refractivity contribution in [2.24, 2.45) is 0 Å². The summed E-state index contributed by atoms with van der Waals surface area (Å²) in [5.74, 6) is 1.49. The molecule has 0 bridgehead atoms. The van der Waals surface area contributed by atoms with Gasteiger partial charge in [-0.3, -0.25) is 19.0 Å². The number of nitrogens with zero attached hydrogens (tertiary/aromatic N) is 1. The average molecular weight is 455 g/mol. The number of aromatic nitrogens is 1. The Hall–Kier alpha value is -3.59. The fourth-order valence-electron chi connectivity index (χ4n) is 3.47.